The van der Waals surface area contributed by atoms with Crippen molar-refractivity contribution >= 4 is 17.1 Å². The van der Waals surface area contributed by atoms with Crippen LogP contribution in [0.15, 0.2) is 65.7 Å². The Morgan fingerprint density at radius 2 is 1.78 bits per heavy atom. The molecule has 1 N–H and O–H groups in total. The van der Waals surface area contributed by atoms with E-state index in [1.54, 1.807) is 49.3 Å². The lowest BCUT2D eigenvalue weighted by molar-refractivity contribution is -0.121. The average molecular weight is 490 g/mol. The molecule has 5 rings (SSSR count). The molecular formula is C25H23FN6O4. The molecule has 1 amide bonds. The van der Waals surface area contributed by atoms with E-state index in [0.29, 0.717) is 41.3 Å². The molecule has 11 heteroatoms. The molecule has 0 saturated heterocycles. The number of halogens is 1. The highest BCUT2D eigenvalue weighted by Gasteiger charge is 2.15. The third kappa shape index (κ3) is 4.38. The molecule has 0 fully saturated rings. The van der Waals surface area contributed by atoms with Gasteiger partial charge < -0.3 is 14.8 Å². The van der Waals surface area contributed by atoms with Crippen LogP contribution in [0.3, 0.4) is 0 Å². The SMILES string of the molecule is COc1ccc(CCNC(=O)Cn2nc3c4cc(-c5ccc(F)cc5)nn4ccn3c2=O)cc1OC. The lowest BCUT2D eigenvalue weighted by Crippen LogP contribution is -2.33. The minimum absolute atomic E-state index is 0.225. The van der Waals surface area contributed by atoms with E-state index in [2.05, 4.69) is 15.5 Å². The first-order valence-corrected chi connectivity index (χ1v) is 11.2. The van der Waals surface area contributed by atoms with Crippen LogP contribution in [0.25, 0.3) is 22.4 Å². The van der Waals surface area contributed by atoms with E-state index in [9.17, 15) is 14.0 Å². The van der Waals surface area contributed by atoms with E-state index in [0.717, 1.165) is 15.8 Å². The fourth-order valence-corrected chi connectivity index (χ4v) is 3.97. The summed E-state index contributed by atoms with van der Waals surface area (Å²) < 4.78 is 27.9. The van der Waals surface area contributed by atoms with Crippen LogP contribution in [0.5, 0.6) is 11.5 Å². The molecule has 2 aromatic carbocycles. The van der Waals surface area contributed by atoms with Gasteiger partial charge in [-0.1, -0.05) is 6.07 Å². The van der Waals surface area contributed by atoms with Crippen LogP contribution in [0, 0.1) is 5.82 Å². The van der Waals surface area contributed by atoms with Crippen molar-refractivity contribution in [2.24, 2.45) is 0 Å². The number of amides is 1. The number of benzene rings is 2. The number of fused-ring (bicyclic) bond motifs is 3. The number of carbonyl (C=O) groups is 1. The Morgan fingerprint density at radius 3 is 2.53 bits per heavy atom. The number of methoxy groups -OCH3 is 2. The number of aromatic nitrogens is 5. The summed E-state index contributed by atoms with van der Waals surface area (Å²) >= 11 is 0. The van der Waals surface area contributed by atoms with Crippen molar-refractivity contribution in [3.8, 4) is 22.8 Å². The van der Waals surface area contributed by atoms with Gasteiger partial charge in [0.05, 0.1) is 19.9 Å². The summed E-state index contributed by atoms with van der Waals surface area (Å²) in [6.45, 7) is 0.155. The Kier molecular flexibility index (Phi) is 6.11. The molecule has 0 atom stereocenters. The highest BCUT2D eigenvalue weighted by atomic mass is 19.1. The van der Waals surface area contributed by atoms with Crippen molar-refractivity contribution in [1.29, 1.82) is 0 Å². The second-order valence-electron chi connectivity index (χ2n) is 8.09. The maximum atomic E-state index is 13.3. The van der Waals surface area contributed by atoms with Crippen LogP contribution in [0.4, 0.5) is 4.39 Å². The van der Waals surface area contributed by atoms with Gasteiger partial charge in [-0.05, 0) is 54.4 Å². The summed E-state index contributed by atoms with van der Waals surface area (Å²) in [4.78, 5) is 25.4. The zero-order valence-corrected chi connectivity index (χ0v) is 19.6. The third-order valence-electron chi connectivity index (χ3n) is 5.81. The van der Waals surface area contributed by atoms with Gasteiger partial charge in [0.25, 0.3) is 0 Å². The summed E-state index contributed by atoms with van der Waals surface area (Å²) in [6.07, 6.45) is 3.76. The van der Waals surface area contributed by atoms with E-state index < -0.39 is 5.69 Å². The molecule has 0 saturated carbocycles. The first-order chi connectivity index (χ1) is 17.5. The van der Waals surface area contributed by atoms with Crippen LogP contribution in [-0.2, 0) is 17.8 Å². The second-order valence-corrected chi connectivity index (χ2v) is 8.09. The fraction of sp³-hybridized carbons (Fsp3) is 0.200. The van der Waals surface area contributed by atoms with E-state index in [-0.39, 0.29) is 18.3 Å². The van der Waals surface area contributed by atoms with Gasteiger partial charge in [-0.25, -0.2) is 22.8 Å². The predicted octanol–water partition coefficient (Wildman–Crippen LogP) is 2.33. The van der Waals surface area contributed by atoms with Gasteiger partial charge in [0.2, 0.25) is 5.91 Å². The molecular weight excluding hydrogens is 467 g/mol. The van der Waals surface area contributed by atoms with Gasteiger partial charge in [-0.2, -0.15) is 5.10 Å². The first kappa shape index (κ1) is 23.1. The minimum Gasteiger partial charge on any atom is -0.493 e. The number of carbonyl (C=O) groups excluding carboxylic acids is 1. The van der Waals surface area contributed by atoms with Gasteiger partial charge in [0.15, 0.2) is 17.1 Å². The quantitative estimate of drug-likeness (QED) is 0.358. The Labute approximate surface area is 204 Å². The molecule has 0 aliphatic heterocycles. The number of hydrogen-bond acceptors (Lipinski definition) is 6. The fourth-order valence-electron chi connectivity index (χ4n) is 3.97. The molecule has 0 aliphatic carbocycles. The van der Waals surface area contributed by atoms with Gasteiger partial charge in [0, 0.05) is 24.5 Å². The Bertz CT molecular complexity index is 1620. The van der Waals surface area contributed by atoms with E-state index in [4.69, 9.17) is 9.47 Å². The number of nitrogens with zero attached hydrogens (tertiary/aromatic N) is 5. The van der Waals surface area contributed by atoms with Crippen LogP contribution in [0.1, 0.15) is 5.56 Å². The Hall–Kier alpha value is -4.67. The maximum Gasteiger partial charge on any atom is 0.350 e. The summed E-state index contributed by atoms with van der Waals surface area (Å²) in [5, 5.41) is 11.7. The molecule has 0 bridgehead atoms. The average Bonchev–Trinajstić information content (AvgIpc) is 3.45. The lowest BCUT2D eigenvalue weighted by Gasteiger charge is -2.10. The van der Waals surface area contributed by atoms with Crippen molar-refractivity contribution in [1.82, 2.24) is 29.1 Å². The highest BCUT2D eigenvalue weighted by Crippen LogP contribution is 2.27. The highest BCUT2D eigenvalue weighted by molar-refractivity contribution is 5.77. The normalized spacial score (nSPS) is 11.2. The van der Waals surface area contributed by atoms with Crippen molar-refractivity contribution in [3.63, 3.8) is 0 Å². The summed E-state index contributed by atoms with van der Waals surface area (Å²) in [6, 6.07) is 13.3. The number of rotatable bonds is 8. The van der Waals surface area contributed by atoms with Crippen molar-refractivity contribution in [3.05, 3.63) is 82.8 Å². The zero-order chi connectivity index (χ0) is 25.2. The van der Waals surface area contributed by atoms with E-state index in [1.807, 2.05) is 18.2 Å². The van der Waals surface area contributed by atoms with Crippen molar-refractivity contribution in [2.75, 3.05) is 20.8 Å². The first-order valence-electron chi connectivity index (χ1n) is 11.2. The van der Waals surface area contributed by atoms with E-state index >= 15 is 0 Å². The van der Waals surface area contributed by atoms with Gasteiger partial charge in [-0.3, -0.25) is 4.79 Å². The Balaban J connectivity index is 1.31. The smallest absolute Gasteiger partial charge is 0.350 e. The predicted molar refractivity (Wildman–Crippen MR) is 130 cm³/mol. The summed E-state index contributed by atoms with van der Waals surface area (Å²) in [5.74, 6) is 0.578. The van der Waals surface area contributed by atoms with Crippen LogP contribution >= 0.6 is 0 Å². The molecule has 3 aromatic heterocycles. The molecule has 10 nitrogen and oxygen atoms in total. The standard InChI is InChI=1S/C25H23FN6O4/c1-35-21-8-3-16(13-22(21)36-2)9-10-27-23(33)15-32-25(34)30-11-12-31-20(24(30)29-32)14-19(28-31)17-4-6-18(26)7-5-17/h3-8,11-14H,9-10,15H2,1-2H3,(H,27,33). The van der Waals surface area contributed by atoms with Crippen molar-refractivity contribution < 1.29 is 18.7 Å². The number of ether oxygens (including phenoxy) is 2. The lowest BCUT2D eigenvalue weighted by atomic mass is 10.1. The van der Waals surface area contributed by atoms with Gasteiger partial charge in [-0.15, -0.1) is 5.10 Å². The number of hydrogen-bond donors (Lipinski definition) is 1. The van der Waals surface area contributed by atoms with Crippen molar-refractivity contribution in [2.45, 2.75) is 13.0 Å². The second kappa shape index (κ2) is 9.53. The molecule has 0 unspecified atom stereocenters. The third-order valence-corrected chi connectivity index (χ3v) is 5.81. The van der Waals surface area contributed by atoms with Crippen LogP contribution in [0.2, 0.25) is 0 Å². The largest absolute Gasteiger partial charge is 0.493 e. The molecule has 0 aliphatic rings. The summed E-state index contributed by atoms with van der Waals surface area (Å²) in [7, 11) is 3.14. The molecule has 0 spiro atoms. The van der Waals surface area contributed by atoms with Gasteiger partial charge >= 0.3 is 5.69 Å². The molecule has 3 heterocycles. The van der Waals surface area contributed by atoms with Gasteiger partial charge in [0.1, 0.15) is 17.9 Å². The van der Waals surface area contributed by atoms with Crippen LogP contribution in [-0.4, -0.2) is 50.5 Å². The summed E-state index contributed by atoms with van der Waals surface area (Å²) in [5.41, 5.74) is 2.82. The number of nitrogens with one attached hydrogen (secondary N) is 1. The monoisotopic (exact) mass is 490 g/mol. The Morgan fingerprint density at radius 1 is 1.00 bits per heavy atom. The molecule has 5 aromatic rings. The topological polar surface area (TPSA) is 104 Å². The molecule has 0 radical (unpaired) electrons. The minimum atomic E-state index is -0.438. The zero-order valence-electron chi connectivity index (χ0n) is 19.6. The molecule has 184 valence electrons. The molecule has 36 heavy (non-hydrogen) atoms. The maximum absolute atomic E-state index is 13.3. The van der Waals surface area contributed by atoms with E-state index in [1.165, 1.54) is 16.5 Å². The van der Waals surface area contributed by atoms with Crippen LogP contribution < -0.4 is 20.5 Å².